The molecule has 0 spiro atoms. The van der Waals surface area contributed by atoms with Gasteiger partial charge >= 0.3 is 6.65 Å². The van der Waals surface area contributed by atoms with E-state index in [4.69, 9.17) is 0 Å². The molecular formula is C10H21N2O2PS. The molecule has 2 heterocycles. The monoisotopic (exact) mass is 264 g/mol. The van der Waals surface area contributed by atoms with Gasteiger partial charge in [0.05, 0.1) is 0 Å². The first-order valence-electron chi connectivity index (χ1n) is 6.19. The molecule has 0 aromatic rings. The molecule has 0 aliphatic carbocycles. The first-order chi connectivity index (χ1) is 7.69. The van der Waals surface area contributed by atoms with E-state index in [9.17, 15) is 8.77 Å². The van der Waals surface area contributed by atoms with Gasteiger partial charge in [0.1, 0.15) is 10.4 Å². The zero-order valence-corrected chi connectivity index (χ0v) is 11.6. The van der Waals surface area contributed by atoms with Crippen LogP contribution in [0, 0.1) is 0 Å². The molecule has 0 radical (unpaired) electrons. The average Bonchev–Trinajstić information content (AvgIpc) is 2.98. The lowest BCUT2D eigenvalue weighted by molar-refractivity contribution is 0.409. The Hall–Kier alpha value is 0.300. The Morgan fingerprint density at radius 2 is 1.38 bits per heavy atom. The van der Waals surface area contributed by atoms with Crippen molar-refractivity contribution in [3.8, 4) is 0 Å². The van der Waals surface area contributed by atoms with Gasteiger partial charge in [0, 0.05) is 31.9 Å². The van der Waals surface area contributed by atoms with E-state index in [1.807, 2.05) is 16.3 Å². The van der Waals surface area contributed by atoms with Crippen molar-refractivity contribution in [1.29, 1.82) is 0 Å². The van der Waals surface area contributed by atoms with Crippen LogP contribution in [-0.4, -0.2) is 45.5 Å². The van der Waals surface area contributed by atoms with Crippen LogP contribution in [0.5, 0.6) is 0 Å². The van der Waals surface area contributed by atoms with Crippen molar-refractivity contribution in [2.75, 3.05) is 31.9 Å². The topological polar surface area (TPSA) is 40.6 Å². The molecule has 2 aliphatic heterocycles. The molecular weight excluding hydrogens is 243 g/mol. The van der Waals surface area contributed by atoms with Crippen molar-refractivity contribution in [2.45, 2.75) is 32.6 Å². The van der Waals surface area contributed by atoms with Crippen LogP contribution in [0.3, 0.4) is 0 Å². The predicted molar refractivity (Wildman–Crippen MR) is 67.9 cm³/mol. The van der Waals surface area contributed by atoms with Crippen molar-refractivity contribution in [1.82, 2.24) is 9.34 Å². The van der Waals surface area contributed by atoms with Crippen LogP contribution in [-0.2, 0) is 15.0 Å². The van der Waals surface area contributed by atoms with Gasteiger partial charge in [0.25, 0.3) is 0 Å². The normalized spacial score (nSPS) is 26.3. The maximum atomic E-state index is 13.1. The Morgan fingerprint density at radius 1 is 1.00 bits per heavy atom. The van der Waals surface area contributed by atoms with Gasteiger partial charge in [-0.3, -0.25) is 4.57 Å². The summed E-state index contributed by atoms with van der Waals surface area (Å²) in [6, 6.07) is 0. The van der Waals surface area contributed by atoms with Crippen molar-refractivity contribution < 1.29 is 8.77 Å². The fourth-order valence-electron chi connectivity index (χ4n) is 2.51. The third kappa shape index (κ3) is 2.15. The second-order valence-corrected chi connectivity index (χ2v) is 10.4. The molecule has 0 bridgehead atoms. The van der Waals surface area contributed by atoms with Crippen LogP contribution in [0.4, 0.5) is 0 Å². The highest BCUT2D eigenvalue weighted by Crippen LogP contribution is 2.59. The lowest BCUT2D eigenvalue weighted by atomic mass is 10.4. The molecule has 0 saturated carbocycles. The summed E-state index contributed by atoms with van der Waals surface area (Å²) in [7, 11) is -1.20. The molecule has 94 valence electrons. The summed E-state index contributed by atoms with van der Waals surface area (Å²) in [4.78, 5) is 0. The van der Waals surface area contributed by atoms with E-state index in [0.717, 1.165) is 51.9 Å². The molecule has 6 heteroatoms. The standard InChI is InChI=1S/C10H21N2O2PS/c1-2-16(14)15(13,11-7-3-4-8-11)12-9-5-6-10-12/h2-10H2,1H3. The van der Waals surface area contributed by atoms with E-state index in [1.165, 1.54) is 0 Å². The predicted octanol–water partition coefficient (Wildman–Crippen LogP) is 2.05. The van der Waals surface area contributed by atoms with Crippen LogP contribution in [0.15, 0.2) is 0 Å². The van der Waals surface area contributed by atoms with Crippen molar-refractivity contribution in [2.24, 2.45) is 0 Å². The zero-order chi connectivity index (χ0) is 11.6. The van der Waals surface area contributed by atoms with Gasteiger partial charge in [-0.15, -0.1) is 0 Å². The van der Waals surface area contributed by atoms with Crippen LogP contribution < -0.4 is 0 Å². The molecule has 1 unspecified atom stereocenters. The van der Waals surface area contributed by atoms with Crippen LogP contribution in [0.25, 0.3) is 0 Å². The lowest BCUT2D eigenvalue weighted by Crippen LogP contribution is -2.31. The number of hydrogen-bond acceptors (Lipinski definition) is 2. The number of nitrogens with zero attached hydrogens (tertiary/aromatic N) is 2. The molecule has 2 aliphatic rings. The zero-order valence-electron chi connectivity index (χ0n) is 9.93. The minimum absolute atomic E-state index is 0.504. The van der Waals surface area contributed by atoms with Gasteiger partial charge in [-0.25, -0.2) is 13.5 Å². The molecule has 4 nitrogen and oxygen atoms in total. The molecule has 0 N–H and O–H groups in total. The molecule has 0 aromatic carbocycles. The summed E-state index contributed by atoms with van der Waals surface area (Å²) in [5, 5.41) is 0. The SMILES string of the molecule is CCS(=O)P(=O)(N1CCCC1)N1CCCC1. The third-order valence-corrected chi connectivity index (χ3v) is 10.4. The summed E-state index contributed by atoms with van der Waals surface area (Å²) < 4.78 is 29.3. The highest BCUT2D eigenvalue weighted by molar-refractivity contribution is 8.47. The van der Waals surface area contributed by atoms with E-state index in [-0.39, 0.29) is 0 Å². The van der Waals surface area contributed by atoms with Gasteiger partial charge in [-0.05, 0) is 25.7 Å². The molecule has 2 rings (SSSR count). The van der Waals surface area contributed by atoms with E-state index < -0.39 is 17.1 Å². The van der Waals surface area contributed by atoms with E-state index in [0.29, 0.717) is 5.75 Å². The second kappa shape index (κ2) is 5.30. The summed E-state index contributed by atoms with van der Waals surface area (Å²) in [6.07, 6.45) is 4.38. The average molecular weight is 264 g/mol. The maximum Gasteiger partial charge on any atom is 0.300 e. The fraction of sp³-hybridized carbons (Fsp3) is 1.00. The smallest absolute Gasteiger partial charge is 0.274 e. The van der Waals surface area contributed by atoms with Crippen LogP contribution in [0.2, 0.25) is 0 Å². The maximum absolute atomic E-state index is 13.1. The quantitative estimate of drug-likeness (QED) is 0.729. The lowest BCUT2D eigenvalue weighted by Gasteiger charge is -2.33. The highest BCUT2D eigenvalue weighted by atomic mass is 32.8. The first kappa shape index (κ1) is 12.7. The molecule has 0 aromatic heterocycles. The van der Waals surface area contributed by atoms with Gasteiger partial charge in [0.2, 0.25) is 0 Å². The summed E-state index contributed by atoms with van der Waals surface area (Å²) in [5.74, 6) is 0.504. The van der Waals surface area contributed by atoms with Gasteiger partial charge in [0.15, 0.2) is 0 Å². The minimum Gasteiger partial charge on any atom is -0.274 e. The summed E-state index contributed by atoms with van der Waals surface area (Å²) in [6.45, 7) is 2.55. The highest BCUT2D eigenvalue weighted by Gasteiger charge is 2.44. The van der Waals surface area contributed by atoms with Gasteiger partial charge < -0.3 is 0 Å². The molecule has 16 heavy (non-hydrogen) atoms. The molecule has 2 saturated heterocycles. The molecule has 2 fully saturated rings. The Balaban J connectivity index is 2.23. The molecule has 1 atom stereocenters. The Bertz CT molecular complexity index is 292. The Labute approximate surface area is 100 Å². The number of rotatable bonds is 4. The number of hydrogen-bond donors (Lipinski definition) is 0. The van der Waals surface area contributed by atoms with Gasteiger partial charge in [-0.1, -0.05) is 6.92 Å². The Morgan fingerprint density at radius 3 is 1.69 bits per heavy atom. The largest absolute Gasteiger partial charge is 0.300 e. The van der Waals surface area contributed by atoms with Gasteiger partial charge in [-0.2, -0.15) is 0 Å². The van der Waals surface area contributed by atoms with E-state index in [2.05, 4.69) is 0 Å². The third-order valence-electron chi connectivity index (χ3n) is 3.39. The van der Waals surface area contributed by atoms with Crippen molar-refractivity contribution in [3.05, 3.63) is 0 Å². The fourth-order valence-corrected chi connectivity index (χ4v) is 8.83. The minimum atomic E-state index is -2.77. The van der Waals surface area contributed by atoms with Crippen LogP contribution >= 0.6 is 6.65 Å². The Kier molecular flexibility index (Phi) is 4.22. The second-order valence-electron chi connectivity index (χ2n) is 4.42. The van der Waals surface area contributed by atoms with E-state index >= 15 is 0 Å². The summed E-state index contributed by atoms with van der Waals surface area (Å²) >= 11 is 0. The summed E-state index contributed by atoms with van der Waals surface area (Å²) in [5.41, 5.74) is 0. The first-order valence-corrected chi connectivity index (χ1v) is 9.73. The van der Waals surface area contributed by atoms with Crippen LogP contribution in [0.1, 0.15) is 32.6 Å². The van der Waals surface area contributed by atoms with Crippen molar-refractivity contribution in [3.63, 3.8) is 0 Å². The van der Waals surface area contributed by atoms with Crippen molar-refractivity contribution >= 4 is 17.1 Å². The van der Waals surface area contributed by atoms with E-state index in [1.54, 1.807) is 0 Å². The molecule has 0 amide bonds.